The van der Waals surface area contributed by atoms with Crippen LogP contribution in [0, 0.1) is 0 Å². The van der Waals surface area contributed by atoms with Gasteiger partial charge in [0, 0.05) is 47.1 Å². The van der Waals surface area contributed by atoms with Crippen LogP contribution in [-0.4, -0.2) is 42.2 Å². The Morgan fingerprint density at radius 2 is 1.76 bits per heavy atom. The fraction of sp³-hybridized carbons (Fsp3) is 0.182. The van der Waals surface area contributed by atoms with Crippen molar-refractivity contribution in [2.24, 2.45) is 0 Å². The number of ether oxygens (including phenoxy) is 1. The minimum atomic E-state index is -0.534. The zero-order valence-corrected chi connectivity index (χ0v) is 16.1. The molecule has 1 aromatic heterocycles. The Morgan fingerprint density at radius 1 is 1.03 bits per heavy atom. The number of para-hydroxylation sites is 1. The maximum atomic E-state index is 12.6. The van der Waals surface area contributed by atoms with E-state index in [2.05, 4.69) is 38.6 Å². The van der Waals surface area contributed by atoms with Crippen molar-refractivity contribution < 1.29 is 14.3 Å². The van der Waals surface area contributed by atoms with Gasteiger partial charge in [0.1, 0.15) is 0 Å². The molecule has 1 aliphatic heterocycles. The first-order valence-electron chi connectivity index (χ1n) is 9.40. The van der Waals surface area contributed by atoms with Crippen molar-refractivity contribution in [3.05, 3.63) is 66.4 Å². The molecule has 0 spiro atoms. The van der Waals surface area contributed by atoms with Crippen LogP contribution in [0.4, 0.5) is 21.0 Å². The molecule has 4 rings (SSSR count). The van der Waals surface area contributed by atoms with Gasteiger partial charge < -0.3 is 19.9 Å². The standard InChI is InChI=1S/C22H22N4O3/c1-29-22(28)25-17-8-6-16(7-9-17)24-21(27)26-12-10-15(11-13-26)19-14-23-20-5-3-2-4-18(19)20/h2-10,14,23H,11-13H2,1H3,(H,24,27)(H,25,28). The predicted octanol–water partition coefficient (Wildman–Crippen LogP) is 4.67. The minimum Gasteiger partial charge on any atom is -0.453 e. The third-order valence-corrected chi connectivity index (χ3v) is 5.00. The highest BCUT2D eigenvalue weighted by Crippen LogP contribution is 2.29. The molecule has 3 aromatic rings. The summed E-state index contributed by atoms with van der Waals surface area (Å²) < 4.78 is 4.55. The van der Waals surface area contributed by atoms with Gasteiger partial charge in [0.2, 0.25) is 0 Å². The van der Waals surface area contributed by atoms with E-state index in [0.29, 0.717) is 24.5 Å². The average molecular weight is 390 g/mol. The number of aromatic nitrogens is 1. The molecule has 7 heteroatoms. The molecule has 0 unspecified atom stereocenters. The van der Waals surface area contributed by atoms with Gasteiger partial charge in [-0.1, -0.05) is 24.3 Å². The van der Waals surface area contributed by atoms with Crippen LogP contribution < -0.4 is 10.6 Å². The van der Waals surface area contributed by atoms with E-state index in [0.717, 1.165) is 11.9 Å². The molecule has 3 amide bonds. The first-order valence-corrected chi connectivity index (χ1v) is 9.40. The van der Waals surface area contributed by atoms with E-state index < -0.39 is 6.09 Å². The average Bonchev–Trinajstić information content (AvgIpc) is 3.19. The van der Waals surface area contributed by atoms with Crippen molar-refractivity contribution in [1.82, 2.24) is 9.88 Å². The number of amides is 3. The van der Waals surface area contributed by atoms with E-state index in [4.69, 9.17) is 0 Å². The normalized spacial score (nSPS) is 13.7. The van der Waals surface area contributed by atoms with E-state index in [1.165, 1.54) is 23.6 Å². The van der Waals surface area contributed by atoms with Crippen LogP contribution in [0.25, 0.3) is 16.5 Å². The summed E-state index contributed by atoms with van der Waals surface area (Å²) in [5.41, 5.74) is 4.84. The highest BCUT2D eigenvalue weighted by atomic mass is 16.5. The van der Waals surface area contributed by atoms with Gasteiger partial charge >= 0.3 is 12.1 Å². The predicted molar refractivity (Wildman–Crippen MR) is 114 cm³/mol. The molecule has 29 heavy (non-hydrogen) atoms. The number of nitrogens with one attached hydrogen (secondary N) is 3. The highest BCUT2D eigenvalue weighted by Gasteiger charge is 2.19. The number of anilines is 2. The topological polar surface area (TPSA) is 86.5 Å². The van der Waals surface area contributed by atoms with E-state index in [9.17, 15) is 9.59 Å². The second-order valence-corrected chi connectivity index (χ2v) is 6.80. The number of hydrogen-bond donors (Lipinski definition) is 3. The minimum absolute atomic E-state index is 0.145. The number of urea groups is 1. The lowest BCUT2D eigenvalue weighted by Crippen LogP contribution is -2.37. The molecule has 0 atom stereocenters. The summed E-state index contributed by atoms with van der Waals surface area (Å²) in [5.74, 6) is 0. The zero-order chi connectivity index (χ0) is 20.2. The number of rotatable bonds is 3. The van der Waals surface area contributed by atoms with Crippen LogP contribution >= 0.6 is 0 Å². The summed E-state index contributed by atoms with van der Waals surface area (Å²) in [5, 5.41) is 6.67. The summed E-state index contributed by atoms with van der Waals surface area (Å²) in [7, 11) is 1.31. The Bertz CT molecular complexity index is 1070. The lowest BCUT2D eigenvalue weighted by atomic mass is 9.99. The van der Waals surface area contributed by atoms with E-state index in [-0.39, 0.29) is 6.03 Å². The Hall–Kier alpha value is -3.74. The van der Waals surface area contributed by atoms with Gasteiger partial charge in [-0.05, 0) is 42.3 Å². The Morgan fingerprint density at radius 3 is 2.45 bits per heavy atom. The van der Waals surface area contributed by atoms with Crippen molar-refractivity contribution in [2.45, 2.75) is 6.42 Å². The molecule has 0 aliphatic carbocycles. The molecule has 0 fully saturated rings. The molecule has 7 nitrogen and oxygen atoms in total. The molecule has 3 N–H and O–H groups in total. The van der Waals surface area contributed by atoms with Crippen LogP contribution in [0.1, 0.15) is 12.0 Å². The molecule has 0 bridgehead atoms. The summed E-state index contributed by atoms with van der Waals surface area (Å²) in [6, 6.07) is 15.0. The summed E-state index contributed by atoms with van der Waals surface area (Å²) in [6.45, 7) is 1.21. The molecular formula is C22H22N4O3. The first kappa shape index (κ1) is 18.6. The highest BCUT2D eigenvalue weighted by molar-refractivity contribution is 5.94. The fourth-order valence-electron chi connectivity index (χ4n) is 3.44. The van der Waals surface area contributed by atoms with Gasteiger partial charge in [-0.15, -0.1) is 0 Å². The molecule has 0 radical (unpaired) electrons. The van der Waals surface area contributed by atoms with Crippen molar-refractivity contribution in [3.8, 4) is 0 Å². The Kier molecular flexibility index (Phi) is 5.20. The number of carbonyl (C=O) groups is 2. The second-order valence-electron chi connectivity index (χ2n) is 6.80. The third-order valence-electron chi connectivity index (χ3n) is 5.00. The van der Waals surface area contributed by atoms with Crippen molar-refractivity contribution in [1.29, 1.82) is 0 Å². The monoisotopic (exact) mass is 390 g/mol. The van der Waals surface area contributed by atoms with Gasteiger partial charge in [-0.2, -0.15) is 0 Å². The van der Waals surface area contributed by atoms with Crippen molar-refractivity contribution in [3.63, 3.8) is 0 Å². The molecule has 148 valence electrons. The van der Waals surface area contributed by atoms with E-state index in [1.807, 2.05) is 18.3 Å². The number of hydrogen-bond acceptors (Lipinski definition) is 3. The Balaban J connectivity index is 1.38. The maximum Gasteiger partial charge on any atom is 0.411 e. The fourth-order valence-corrected chi connectivity index (χ4v) is 3.44. The lowest BCUT2D eigenvalue weighted by Gasteiger charge is -2.26. The molecule has 2 heterocycles. The molecule has 0 saturated carbocycles. The number of nitrogens with zero attached hydrogens (tertiary/aromatic N) is 1. The number of benzene rings is 2. The molecule has 0 saturated heterocycles. The second kappa shape index (κ2) is 8.10. The SMILES string of the molecule is COC(=O)Nc1ccc(NC(=O)N2CC=C(c3c[nH]c4ccccc34)CC2)cc1. The van der Waals surface area contributed by atoms with E-state index in [1.54, 1.807) is 29.2 Å². The van der Waals surface area contributed by atoms with Gasteiger partial charge in [-0.3, -0.25) is 5.32 Å². The van der Waals surface area contributed by atoms with Crippen molar-refractivity contribution >= 4 is 40.0 Å². The van der Waals surface area contributed by atoms with Gasteiger partial charge in [0.25, 0.3) is 0 Å². The first-order chi connectivity index (χ1) is 14.1. The van der Waals surface area contributed by atoms with Crippen molar-refractivity contribution in [2.75, 3.05) is 30.8 Å². The number of fused-ring (bicyclic) bond motifs is 1. The maximum absolute atomic E-state index is 12.6. The molecule has 1 aliphatic rings. The zero-order valence-electron chi connectivity index (χ0n) is 16.1. The molecule has 2 aromatic carbocycles. The third kappa shape index (κ3) is 4.08. The number of carbonyl (C=O) groups excluding carboxylic acids is 2. The van der Waals surface area contributed by atoms with Crippen LogP contribution in [0.5, 0.6) is 0 Å². The van der Waals surface area contributed by atoms with Crippen LogP contribution in [-0.2, 0) is 4.74 Å². The molecular weight excluding hydrogens is 368 g/mol. The number of methoxy groups -OCH3 is 1. The van der Waals surface area contributed by atoms with Gasteiger partial charge in [0.15, 0.2) is 0 Å². The lowest BCUT2D eigenvalue weighted by molar-refractivity contribution is 0.187. The van der Waals surface area contributed by atoms with Crippen LogP contribution in [0.2, 0.25) is 0 Å². The van der Waals surface area contributed by atoms with Crippen LogP contribution in [0.15, 0.2) is 60.8 Å². The smallest absolute Gasteiger partial charge is 0.411 e. The largest absolute Gasteiger partial charge is 0.453 e. The van der Waals surface area contributed by atoms with Gasteiger partial charge in [-0.25, -0.2) is 9.59 Å². The summed E-state index contributed by atoms with van der Waals surface area (Å²) in [6.07, 6.45) is 4.42. The van der Waals surface area contributed by atoms with Gasteiger partial charge in [0.05, 0.1) is 7.11 Å². The van der Waals surface area contributed by atoms with E-state index >= 15 is 0 Å². The number of H-pyrrole nitrogens is 1. The quantitative estimate of drug-likeness (QED) is 0.607. The number of aromatic amines is 1. The van der Waals surface area contributed by atoms with Crippen LogP contribution in [0.3, 0.4) is 0 Å². The summed E-state index contributed by atoms with van der Waals surface area (Å²) in [4.78, 5) is 28.9. The summed E-state index contributed by atoms with van der Waals surface area (Å²) >= 11 is 0. The Labute approximate surface area is 168 Å².